The molecule has 1 fully saturated rings. The highest BCUT2D eigenvalue weighted by Crippen LogP contribution is 2.63. The average Bonchev–Trinajstić information content (AvgIpc) is 2.88. The van der Waals surface area contributed by atoms with Crippen LogP contribution < -0.4 is 5.73 Å². The molecule has 0 amide bonds. The van der Waals surface area contributed by atoms with Crippen molar-refractivity contribution >= 4 is 23.2 Å². The van der Waals surface area contributed by atoms with Crippen LogP contribution in [-0.2, 0) is 0 Å². The van der Waals surface area contributed by atoms with Crippen molar-refractivity contribution in [3.63, 3.8) is 0 Å². The normalized spacial score (nSPS) is 46.7. The number of allylic oxidation sites excluding steroid dienone is 3. The third kappa shape index (κ3) is 1.63. The van der Waals surface area contributed by atoms with Gasteiger partial charge in [0.2, 0.25) is 0 Å². The van der Waals surface area contributed by atoms with E-state index < -0.39 is 0 Å². The number of aliphatic hydroxyl groups excluding tert-OH is 1. The van der Waals surface area contributed by atoms with Crippen LogP contribution in [0.2, 0.25) is 0 Å². The molecule has 16 heavy (non-hydrogen) atoms. The zero-order valence-corrected chi connectivity index (χ0v) is 10.7. The first-order valence-electron chi connectivity index (χ1n) is 5.57. The summed E-state index contributed by atoms with van der Waals surface area (Å²) in [6.07, 6.45) is 5.90. The molecule has 2 rings (SSSR count). The molecule has 0 aliphatic heterocycles. The Labute approximate surface area is 106 Å². The maximum Gasteiger partial charge on any atom is 0.0721 e. The highest BCUT2D eigenvalue weighted by Gasteiger charge is 2.62. The largest absolute Gasteiger partial charge is 0.396 e. The monoisotopic (exact) mass is 261 g/mol. The highest BCUT2D eigenvalue weighted by atomic mass is 35.5. The van der Waals surface area contributed by atoms with E-state index in [9.17, 15) is 5.11 Å². The maximum absolute atomic E-state index is 9.33. The molecule has 0 aromatic carbocycles. The van der Waals surface area contributed by atoms with E-state index in [-0.39, 0.29) is 28.7 Å². The Bertz CT molecular complexity index is 342. The minimum Gasteiger partial charge on any atom is -0.396 e. The fourth-order valence-electron chi connectivity index (χ4n) is 2.91. The van der Waals surface area contributed by atoms with Gasteiger partial charge in [-0.3, -0.25) is 0 Å². The molecule has 2 aliphatic carbocycles. The molecule has 3 N–H and O–H groups in total. The molecule has 0 aromatic heterocycles. The summed E-state index contributed by atoms with van der Waals surface area (Å²) in [5.41, 5.74) is 6.92. The molecule has 0 saturated heterocycles. The lowest BCUT2D eigenvalue weighted by Gasteiger charge is -2.23. The third-order valence-corrected chi connectivity index (χ3v) is 5.09. The summed E-state index contributed by atoms with van der Waals surface area (Å²) in [7, 11) is 0. The van der Waals surface area contributed by atoms with Gasteiger partial charge < -0.3 is 10.8 Å². The van der Waals surface area contributed by atoms with Gasteiger partial charge >= 0.3 is 0 Å². The number of hydrogen-bond donors (Lipinski definition) is 2. The Morgan fingerprint density at radius 3 is 2.56 bits per heavy atom. The Morgan fingerprint density at radius 1 is 1.44 bits per heavy atom. The van der Waals surface area contributed by atoms with E-state index in [4.69, 9.17) is 28.9 Å². The van der Waals surface area contributed by atoms with Gasteiger partial charge in [-0.1, -0.05) is 25.2 Å². The smallest absolute Gasteiger partial charge is 0.0721 e. The standard InChI is InChI=1S/C12H17Cl2NO/c1-7-9(5-16)12(7,6-15)8-2-3-10(13)11(14)4-8/h2-4,7,9-11,16H,5-6,15H2,1H3/t7-,9+,10?,11?,12+/m1/s1. The molecule has 0 heterocycles. The van der Waals surface area contributed by atoms with E-state index in [1.807, 2.05) is 18.2 Å². The Hall–Kier alpha value is -0.0200. The van der Waals surface area contributed by atoms with E-state index in [1.54, 1.807) is 0 Å². The van der Waals surface area contributed by atoms with Crippen LogP contribution in [0.5, 0.6) is 0 Å². The molecule has 0 bridgehead atoms. The van der Waals surface area contributed by atoms with Crippen LogP contribution in [0.3, 0.4) is 0 Å². The Balaban J connectivity index is 2.25. The van der Waals surface area contributed by atoms with Gasteiger partial charge in [0.05, 0.1) is 10.8 Å². The van der Waals surface area contributed by atoms with Gasteiger partial charge in [-0.05, 0) is 17.4 Å². The summed E-state index contributed by atoms with van der Waals surface area (Å²) in [6.45, 7) is 2.85. The zero-order valence-electron chi connectivity index (χ0n) is 9.24. The lowest BCUT2D eigenvalue weighted by Crippen LogP contribution is -2.25. The first-order chi connectivity index (χ1) is 7.57. The molecule has 0 spiro atoms. The second-order valence-electron chi connectivity index (χ2n) is 4.69. The van der Waals surface area contributed by atoms with E-state index in [0.29, 0.717) is 12.5 Å². The van der Waals surface area contributed by atoms with Crippen molar-refractivity contribution in [1.29, 1.82) is 0 Å². The third-order valence-electron chi connectivity index (χ3n) is 4.14. The van der Waals surface area contributed by atoms with Gasteiger partial charge in [-0.25, -0.2) is 0 Å². The van der Waals surface area contributed by atoms with Crippen molar-refractivity contribution in [2.45, 2.75) is 17.7 Å². The highest BCUT2D eigenvalue weighted by molar-refractivity contribution is 6.31. The molecule has 2 nitrogen and oxygen atoms in total. The second-order valence-corrected chi connectivity index (χ2v) is 5.70. The molecule has 0 radical (unpaired) electrons. The number of halogens is 2. The van der Waals surface area contributed by atoms with E-state index in [1.165, 1.54) is 0 Å². The van der Waals surface area contributed by atoms with Crippen molar-refractivity contribution in [1.82, 2.24) is 0 Å². The van der Waals surface area contributed by atoms with Crippen LogP contribution >= 0.6 is 23.2 Å². The molecule has 1 saturated carbocycles. The van der Waals surface area contributed by atoms with Crippen LogP contribution in [0.1, 0.15) is 6.92 Å². The zero-order chi connectivity index (χ0) is 11.9. The lowest BCUT2D eigenvalue weighted by molar-refractivity contribution is 0.256. The molecule has 2 unspecified atom stereocenters. The summed E-state index contributed by atoms with van der Waals surface area (Å²) in [6, 6.07) is 0. The molecule has 4 heteroatoms. The van der Waals surface area contributed by atoms with Crippen molar-refractivity contribution in [2.75, 3.05) is 13.2 Å². The number of hydrogen-bond acceptors (Lipinski definition) is 2. The molecule has 5 atom stereocenters. The predicted molar refractivity (Wildman–Crippen MR) is 67.7 cm³/mol. The Kier molecular flexibility index (Phi) is 3.37. The van der Waals surface area contributed by atoms with Crippen molar-refractivity contribution in [3.8, 4) is 0 Å². The maximum atomic E-state index is 9.33. The van der Waals surface area contributed by atoms with E-state index in [2.05, 4.69) is 6.92 Å². The Morgan fingerprint density at radius 2 is 2.12 bits per heavy atom. The second kappa shape index (κ2) is 4.34. The van der Waals surface area contributed by atoms with Gasteiger partial charge in [-0.2, -0.15) is 0 Å². The van der Waals surface area contributed by atoms with E-state index in [0.717, 1.165) is 5.57 Å². The molecular formula is C12H17Cl2NO. The minimum absolute atomic E-state index is 0.0879. The predicted octanol–water partition coefficient (Wildman–Crippen LogP) is 1.90. The SMILES string of the molecule is C[C@@H]1[C@H](CO)[C@]1(CN)C1=CC(Cl)C(Cl)C=C1. The van der Waals surface area contributed by atoms with Gasteiger partial charge in [0.1, 0.15) is 0 Å². The molecule has 0 aromatic rings. The van der Waals surface area contributed by atoms with Crippen LogP contribution in [-0.4, -0.2) is 29.0 Å². The minimum atomic E-state index is -0.183. The van der Waals surface area contributed by atoms with Crippen LogP contribution in [0.4, 0.5) is 0 Å². The lowest BCUT2D eigenvalue weighted by atomic mass is 9.87. The van der Waals surface area contributed by atoms with Crippen molar-refractivity contribution in [2.24, 2.45) is 23.0 Å². The molecular weight excluding hydrogens is 245 g/mol. The number of alkyl halides is 2. The summed E-state index contributed by atoms with van der Waals surface area (Å²) in [4.78, 5) is 0. The summed E-state index contributed by atoms with van der Waals surface area (Å²) >= 11 is 12.1. The number of aliphatic hydroxyl groups is 1. The fourth-order valence-corrected chi connectivity index (χ4v) is 3.28. The van der Waals surface area contributed by atoms with Crippen molar-refractivity contribution in [3.05, 3.63) is 23.8 Å². The van der Waals surface area contributed by atoms with E-state index >= 15 is 0 Å². The van der Waals surface area contributed by atoms with Gasteiger partial charge in [0, 0.05) is 18.6 Å². The quantitative estimate of drug-likeness (QED) is 0.763. The van der Waals surface area contributed by atoms with Crippen LogP contribution in [0.15, 0.2) is 23.8 Å². The summed E-state index contributed by atoms with van der Waals surface area (Å²) < 4.78 is 0. The average molecular weight is 262 g/mol. The van der Waals surface area contributed by atoms with Gasteiger partial charge in [0.15, 0.2) is 0 Å². The van der Waals surface area contributed by atoms with Gasteiger partial charge in [-0.15, -0.1) is 23.2 Å². The fraction of sp³-hybridized carbons (Fsp3) is 0.667. The topological polar surface area (TPSA) is 46.2 Å². The summed E-state index contributed by atoms with van der Waals surface area (Å²) in [5.74, 6) is 0.665. The van der Waals surface area contributed by atoms with Crippen LogP contribution in [0.25, 0.3) is 0 Å². The first-order valence-corrected chi connectivity index (χ1v) is 6.44. The van der Waals surface area contributed by atoms with Gasteiger partial charge in [0.25, 0.3) is 0 Å². The number of nitrogens with two attached hydrogens (primary N) is 1. The van der Waals surface area contributed by atoms with Crippen molar-refractivity contribution < 1.29 is 5.11 Å². The molecule has 2 aliphatic rings. The first kappa shape index (κ1) is 12.4. The number of rotatable bonds is 3. The van der Waals surface area contributed by atoms with Crippen LogP contribution in [0, 0.1) is 17.3 Å². The molecule has 90 valence electrons. The summed E-state index contributed by atoms with van der Waals surface area (Å²) in [5, 5.41) is 8.99.